The first-order chi connectivity index (χ1) is 8.89. The molecule has 0 aliphatic carbocycles. The van der Waals surface area contributed by atoms with E-state index in [1.165, 1.54) is 0 Å². The van der Waals surface area contributed by atoms with Crippen molar-refractivity contribution in [2.45, 2.75) is 33.6 Å². The highest BCUT2D eigenvalue weighted by Crippen LogP contribution is 2.16. The van der Waals surface area contributed by atoms with Crippen molar-refractivity contribution in [2.24, 2.45) is 5.92 Å². The molecule has 0 fully saturated rings. The second-order valence-electron chi connectivity index (χ2n) is 4.67. The van der Waals surface area contributed by atoms with E-state index in [1.807, 2.05) is 20.8 Å². The van der Waals surface area contributed by atoms with E-state index in [1.54, 1.807) is 24.3 Å². The van der Waals surface area contributed by atoms with Gasteiger partial charge in [-0.05, 0) is 37.1 Å². The van der Waals surface area contributed by atoms with Gasteiger partial charge in [-0.25, -0.2) is 8.42 Å². The van der Waals surface area contributed by atoms with Crippen LogP contribution in [0.5, 0.6) is 0 Å². The van der Waals surface area contributed by atoms with Crippen LogP contribution in [0.25, 0.3) is 0 Å². The van der Waals surface area contributed by atoms with Gasteiger partial charge in [0.25, 0.3) is 0 Å². The molecule has 0 amide bonds. The van der Waals surface area contributed by atoms with Crippen LogP contribution in [-0.2, 0) is 10.0 Å². The highest BCUT2D eigenvalue weighted by atomic mass is 32.2. The molecule has 5 heteroatoms. The molecule has 1 atom stereocenters. The summed E-state index contributed by atoms with van der Waals surface area (Å²) in [7, 11) is -3.27. The molecule has 0 saturated heterocycles. The Kier molecular flexibility index (Phi) is 5.54. The molecule has 0 heterocycles. The molecule has 1 N–H and O–H groups in total. The number of hydrogen-bond donors (Lipinski definition) is 1. The summed E-state index contributed by atoms with van der Waals surface area (Å²) in [5, 5.41) is 0. The summed E-state index contributed by atoms with van der Waals surface area (Å²) in [6.07, 6.45) is 1.36. The van der Waals surface area contributed by atoms with E-state index in [0.29, 0.717) is 17.7 Å². The van der Waals surface area contributed by atoms with E-state index in [-0.39, 0.29) is 17.5 Å². The molecule has 1 aromatic rings. The number of rotatable bonds is 7. The smallest absolute Gasteiger partial charge is 0.232 e. The summed E-state index contributed by atoms with van der Waals surface area (Å²) in [6, 6.07) is 6.59. The van der Waals surface area contributed by atoms with Gasteiger partial charge in [0, 0.05) is 17.2 Å². The third kappa shape index (κ3) is 4.67. The fraction of sp³-hybridized carbons (Fsp3) is 0.500. The average Bonchev–Trinajstić information content (AvgIpc) is 2.37. The van der Waals surface area contributed by atoms with Gasteiger partial charge in [-0.2, -0.15) is 0 Å². The summed E-state index contributed by atoms with van der Waals surface area (Å²) in [6.45, 7) is 5.67. The zero-order valence-corrected chi connectivity index (χ0v) is 12.5. The van der Waals surface area contributed by atoms with Crippen molar-refractivity contribution in [2.75, 3.05) is 10.5 Å². The van der Waals surface area contributed by atoms with Crippen LogP contribution >= 0.6 is 0 Å². The lowest BCUT2D eigenvalue weighted by Crippen LogP contribution is -2.16. The maximum absolute atomic E-state index is 11.9. The van der Waals surface area contributed by atoms with Crippen LogP contribution in [0.3, 0.4) is 0 Å². The highest BCUT2D eigenvalue weighted by Gasteiger charge is 2.14. The van der Waals surface area contributed by atoms with E-state index in [4.69, 9.17) is 0 Å². The van der Waals surface area contributed by atoms with Gasteiger partial charge in [0.2, 0.25) is 10.0 Å². The van der Waals surface area contributed by atoms with Gasteiger partial charge in [-0.15, -0.1) is 0 Å². The molecule has 0 radical (unpaired) electrons. The summed E-state index contributed by atoms with van der Waals surface area (Å²) in [4.78, 5) is 11.9. The molecule has 0 aliphatic heterocycles. The summed E-state index contributed by atoms with van der Waals surface area (Å²) in [5.41, 5.74) is 1.11. The number of benzene rings is 1. The molecular formula is C14H21NO3S. The van der Waals surface area contributed by atoms with Crippen LogP contribution < -0.4 is 4.72 Å². The number of sulfonamides is 1. The molecule has 0 aliphatic rings. The second kappa shape index (κ2) is 6.70. The Hall–Kier alpha value is -1.36. The summed E-state index contributed by atoms with van der Waals surface area (Å²) in [5.74, 6) is 0.175. The molecule has 1 unspecified atom stereocenters. The van der Waals surface area contributed by atoms with Crippen molar-refractivity contribution in [3.05, 3.63) is 29.8 Å². The monoisotopic (exact) mass is 283 g/mol. The molecule has 0 bridgehead atoms. The van der Waals surface area contributed by atoms with Crippen molar-refractivity contribution < 1.29 is 13.2 Å². The number of carbonyl (C=O) groups excluding carboxylic acids is 1. The summed E-state index contributed by atoms with van der Waals surface area (Å²) >= 11 is 0. The van der Waals surface area contributed by atoms with Crippen molar-refractivity contribution in [3.63, 3.8) is 0 Å². The van der Waals surface area contributed by atoms with Gasteiger partial charge in [-0.3, -0.25) is 9.52 Å². The van der Waals surface area contributed by atoms with Gasteiger partial charge >= 0.3 is 0 Å². The van der Waals surface area contributed by atoms with E-state index in [0.717, 1.165) is 6.42 Å². The fourth-order valence-electron chi connectivity index (χ4n) is 1.67. The van der Waals surface area contributed by atoms with Crippen LogP contribution in [-0.4, -0.2) is 20.0 Å². The van der Waals surface area contributed by atoms with E-state index < -0.39 is 10.0 Å². The molecule has 0 spiro atoms. The van der Waals surface area contributed by atoms with Crippen LogP contribution in [0, 0.1) is 5.92 Å². The SMILES string of the molecule is CCCS(=O)(=O)Nc1ccc(C(=O)C(C)CC)cc1. The Bertz CT molecular complexity index is 520. The molecule has 4 nitrogen and oxygen atoms in total. The Morgan fingerprint density at radius 3 is 2.26 bits per heavy atom. The van der Waals surface area contributed by atoms with Crippen LogP contribution in [0.1, 0.15) is 44.0 Å². The Morgan fingerprint density at radius 2 is 1.79 bits per heavy atom. The first-order valence-corrected chi connectivity index (χ1v) is 8.19. The number of hydrogen-bond acceptors (Lipinski definition) is 3. The lowest BCUT2D eigenvalue weighted by molar-refractivity contribution is 0.0927. The van der Waals surface area contributed by atoms with Gasteiger partial charge in [-0.1, -0.05) is 20.8 Å². The van der Waals surface area contributed by atoms with Crippen molar-refractivity contribution in [1.29, 1.82) is 0 Å². The lowest BCUT2D eigenvalue weighted by atomic mass is 9.97. The maximum atomic E-state index is 11.9. The van der Waals surface area contributed by atoms with Gasteiger partial charge in [0.1, 0.15) is 0 Å². The predicted octanol–water partition coefficient (Wildman–Crippen LogP) is 3.07. The second-order valence-corrected chi connectivity index (χ2v) is 6.51. The quantitative estimate of drug-likeness (QED) is 0.782. The molecular weight excluding hydrogens is 262 g/mol. The minimum atomic E-state index is -3.27. The first kappa shape index (κ1) is 15.7. The van der Waals surface area contributed by atoms with Gasteiger partial charge in [0.05, 0.1) is 5.75 Å². The molecule has 106 valence electrons. The molecule has 1 rings (SSSR count). The number of Topliss-reactive ketones (excluding diaryl/α,β-unsaturated/α-hetero) is 1. The molecule has 19 heavy (non-hydrogen) atoms. The topological polar surface area (TPSA) is 63.2 Å². The first-order valence-electron chi connectivity index (χ1n) is 6.54. The number of nitrogens with one attached hydrogen (secondary N) is 1. The van der Waals surface area contributed by atoms with Crippen LogP contribution in [0.15, 0.2) is 24.3 Å². The van der Waals surface area contributed by atoms with Crippen molar-refractivity contribution in [3.8, 4) is 0 Å². The molecule has 0 aromatic heterocycles. The molecule has 1 aromatic carbocycles. The minimum Gasteiger partial charge on any atom is -0.294 e. The standard InChI is InChI=1S/C14H21NO3S/c1-4-10-19(17,18)15-13-8-6-12(7-9-13)14(16)11(3)5-2/h6-9,11,15H,4-5,10H2,1-3H3. The predicted molar refractivity (Wildman–Crippen MR) is 77.9 cm³/mol. The Labute approximate surface area is 115 Å². The maximum Gasteiger partial charge on any atom is 0.232 e. The van der Waals surface area contributed by atoms with E-state index >= 15 is 0 Å². The normalized spacial score (nSPS) is 13.0. The lowest BCUT2D eigenvalue weighted by Gasteiger charge is -2.09. The number of anilines is 1. The fourth-order valence-corrected chi connectivity index (χ4v) is 2.81. The number of ketones is 1. The molecule has 0 saturated carbocycles. The summed E-state index contributed by atoms with van der Waals surface area (Å²) < 4.78 is 25.7. The Balaban J connectivity index is 2.80. The van der Waals surface area contributed by atoms with E-state index in [9.17, 15) is 13.2 Å². The third-order valence-corrected chi connectivity index (χ3v) is 4.47. The third-order valence-electron chi connectivity index (χ3n) is 2.98. The van der Waals surface area contributed by atoms with Gasteiger partial charge in [0.15, 0.2) is 5.78 Å². The van der Waals surface area contributed by atoms with Crippen LogP contribution in [0.4, 0.5) is 5.69 Å². The Morgan fingerprint density at radius 1 is 1.21 bits per heavy atom. The zero-order chi connectivity index (χ0) is 14.5. The zero-order valence-electron chi connectivity index (χ0n) is 11.6. The van der Waals surface area contributed by atoms with Gasteiger partial charge < -0.3 is 0 Å². The number of carbonyl (C=O) groups is 1. The average molecular weight is 283 g/mol. The van der Waals surface area contributed by atoms with Crippen LogP contribution in [0.2, 0.25) is 0 Å². The largest absolute Gasteiger partial charge is 0.294 e. The minimum absolute atomic E-state index is 0.0115. The highest BCUT2D eigenvalue weighted by molar-refractivity contribution is 7.92. The van der Waals surface area contributed by atoms with Crippen molar-refractivity contribution >= 4 is 21.5 Å². The van der Waals surface area contributed by atoms with Crippen molar-refractivity contribution in [1.82, 2.24) is 0 Å². The van der Waals surface area contributed by atoms with E-state index in [2.05, 4.69) is 4.72 Å².